The van der Waals surface area contributed by atoms with Crippen LogP contribution in [0.25, 0.3) is 16.6 Å². The van der Waals surface area contributed by atoms with Crippen LogP contribution < -0.4 is 0 Å². The predicted octanol–water partition coefficient (Wildman–Crippen LogP) is 1.57. The van der Waals surface area contributed by atoms with Crippen LogP contribution in [-0.2, 0) is 11.3 Å². The van der Waals surface area contributed by atoms with Gasteiger partial charge in [0.25, 0.3) is 0 Å². The molecule has 0 unspecified atom stereocenters. The minimum Gasteiger partial charge on any atom is -0.459 e. The predicted molar refractivity (Wildman–Crippen MR) is 91.7 cm³/mol. The summed E-state index contributed by atoms with van der Waals surface area (Å²) in [6.45, 7) is 2.38. The summed E-state index contributed by atoms with van der Waals surface area (Å²) in [5.41, 5.74) is 2.44. The molecule has 0 amide bonds. The van der Waals surface area contributed by atoms with Crippen LogP contribution in [-0.4, -0.2) is 47.3 Å². The van der Waals surface area contributed by atoms with Crippen molar-refractivity contribution in [3.8, 4) is 5.69 Å². The Morgan fingerprint density at radius 1 is 1.23 bits per heavy atom. The van der Waals surface area contributed by atoms with Gasteiger partial charge in [0.05, 0.1) is 23.4 Å². The van der Waals surface area contributed by atoms with E-state index in [1.54, 1.807) is 28.8 Å². The van der Waals surface area contributed by atoms with E-state index in [-0.39, 0.29) is 12.3 Å². The third-order valence-corrected chi connectivity index (χ3v) is 3.96. The SMILES string of the molecule is Cc1c(C(=O)OCCn2cncn2)nnn1-c1cccc2ncccc12. The van der Waals surface area contributed by atoms with E-state index in [4.69, 9.17) is 4.74 Å². The minimum absolute atomic E-state index is 0.173. The second kappa shape index (κ2) is 6.71. The number of hydrogen-bond donors (Lipinski definition) is 0. The topological polar surface area (TPSA) is 101 Å². The summed E-state index contributed by atoms with van der Waals surface area (Å²) in [4.78, 5) is 20.5. The van der Waals surface area contributed by atoms with Gasteiger partial charge in [0.1, 0.15) is 19.3 Å². The number of rotatable bonds is 5. The fraction of sp³-hybridized carbons (Fsp3) is 0.176. The molecule has 0 saturated carbocycles. The number of pyridine rings is 1. The molecule has 3 heterocycles. The zero-order valence-corrected chi connectivity index (χ0v) is 14.0. The largest absolute Gasteiger partial charge is 0.459 e. The maximum Gasteiger partial charge on any atom is 0.360 e. The highest BCUT2D eigenvalue weighted by molar-refractivity contribution is 5.90. The summed E-state index contributed by atoms with van der Waals surface area (Å²) in [6, 6.07) is 9.53. The van der Waals surface area contributed by atoms with Gasteiger partial charge in [0.15, 0.2) is 5.69 Å². The number of benzene rings is 1. The molecule has 0 atom stereocenters. The minimum atomic E-state index is -0.521. The van der Waals surface area contributed by atoms with E-state index in [0.717, 1.165) is 16.6 Å². The van der Waals surface area contributed by atoms with Crippen LogP contribution in [0.15, 0.2) is 49.2 Å². The molecule has 9 nitrogen and oxygen atoms in total. The number of hydrogen-bond acceptors (Lipinski definition) is 7. The first-order valence-electron chi connectivity index (χ1n) is 8.00. The molecule has 0 spiro atoms. The normalized spacial score (nSPS) is 11.0. The van der Waals surface area contributed by atoms with Gasteiger partial charge < -0.3 is 4.74 Å². The summed E-state index contributed by atoms with van der Waals surface area (Å²) in [7, 11) is 0. The zero-order chi connectivity index (χ0) is 17.9. The second-order valence-corrected chi connectivity index (χ2v) is 5.58. The van der Waals surface area contributed by atoms with Crippen molar-refractivity contribution in [2.75, 3.05) is 6.61 Å². The molecule has 0 bridgehead atoms. The maximum atomic E-state index is 12.3. The lowest BCUT2D eigenvalue weighted by Crippen LogP contribution is -2.13. The van der Waals surface area contributed by atoms with Gasteiger partial charge in [-0.25, -0.2) is 19.1 Å². The van der Waals surface area contributed by atoms with E-state index in [2.05, 4.69) is 25.4 Å². The number of carbonyl (C=O) groups is 1. The van der Waals surface area contributed by atoms with E-state index >= 15 is 0 Å². The lowest BCUT2D eigenvalue weighted by atomic mass is 10.2. The summed E-state index contributed by atoms with van der Waals surface area (Å²) < 4.78 is 8.47. The lowest BCUT2D eigenvalue weighted by Gasteiger charge is -2.07. The number of ether oxygens (including phenoxy) is 1. The van der Waals surface area contributed by atoms with E-state index < -0.39 is 5.97 Å². The third-order valence-electron chi connectivity index (χ3n) is 3.96. The Balaban J connectivity index is 1.56. The first-order valence-corrected chi connectivity index (χ1v) is 8.00. The molecule has 1 aromatic carbocycles. The number of carbonyl (C=O) groups excluding carboxylic acids is 1. The summed E-state index contributed by atoms with van der Waals surface area (Å²) in [6.07, 6.45) is 4.72. The highest BCUT2D eigenvalue weighted by Crippen LogP contribution is 2.22. The molecule has 0 fully saturated rings. The van der Waals surface area contributed by atoms with Crippen molar-refractivity contribution in [1.82, 2.24) is 34.7 Å². The summed E-state index contributed by atoms with van der Waals surface area (Å²) >= 11 is 0. The molecule has 3 aromatic heterocycles. The number of esters is 1. The van der Waals surface area contributed by atoms with Gasteiger partial charge in [-0.15, -0.1) is 5.10 Å². The van der Waals surface area contributed by atoms with Crippen LogP contribution in [0.1, 0.15) is 16.2 Å². The summed E-state index contributed by atoms with van der Waals surface area (Å²) in [5.74, 6) is -0.521. The first-order chi connectivity index (χ1) is 12.7. The Kier molecular flexibility index (Phi) is 4.10. The molecule has 26 heavy (non-hydrogen) atoms. The summed E-state index contributed by atoms with van der Waals surface area (Å²) in [5, 5.41) is 13.0. The fourth-order valence-corrected chi connectivity index (χ4v) is 2.67. The van der Waals surface area contributed by atoms with Crippen LogP contribution >= 0.6 is 0 Å². The zero-order valence-electron chi connectivity index (χ0n) is 14.0. The average molecular weight is 349 g/mol. The molecule has 0 saturated heterocycles. The van der Waals surface area contributed by atoms with Crippen molar-refractivity contribution in [1.29, 1.82) is 0 Å². The fourth-order valence-electron chi connectivity index (χ4n) is 2.67. The maximum absolute atomic E-state index is 12.3. The van der Waals surface area contributed by atoms with Gasteiger partial charge in [-0.05, 0) is 31.2 Å². The van der Waals surface area contributed by atoms with Crippen LogP contribution in [0.3, 0.4) is 0 Å². The van der Waals surface area contributed by atoms with Gasteiger partial charge in [0, 0.05) is 11.6 Å². The van der Waals surface area contributed by atoms with E-state index in [9.17, 15) is 4.79 Å². The van der Waals surface area contributed by atoms with Crippen molar-refractivity contribution < 1.29 is 9.53 Å². The monoisotopic (exact) mass is 349 g/mol. The van der Waals surface area contributed by atoms with Crippen molar-refractivity contribution >= 4 is 16.9 Å². The van der Waals surface area contributed by atoms with Crippen molar-refractivity contribution in [3.05, 3.63) is 60.6 Å². The Bertz CT molecular complexity index is 1050. The molecular formula is C17H15N7O2. The number of aromatic nitrogens is 7. The first kappa shape index (κ1) is 15.9. The molecule has 0 aliphatic carbocycles. The van der Waals surface area contributed by atoms with Gasteiger partial charge in [-0.2, -0.15) is 5.10 Å². The van der Waals surface area contributed by atoms with Crippen LogP contribution in [0.2, 0.25) is 0 Å². The Hall–Kier alpha value is -3.62. The molecule has 4 aromatic rings. The van der Waals surface area contributed by atoms with Gasteiger partial charge in [-0.3, -0.25) is 4.98 Å². The van der Waals surface area contributed by atoms with Crippen LogP contribution in [0, 0.1) is 6.92 Å². The molecule has 4 rings (SSSR count). The van der Waals surface area contributed by atoms with Crippen LogP contribution in [0.4, 0.5) is 0 Å². The average Bonchev–Trinajstić information content (AvgIpc) is 3.31. The Morgan fingerprint density at radius 2 is 2.15 bits per heavy atom. The molecule has 0 aliphatic rings. The molecule has 0 N–H and O–H groups in total. The highest BCUT2D eigenvalue weighted by Gasteiger charge is 2.19. The van der Waals surface area contributed by atoms with Gasteiger partial charge in [-0.1, -0.05) is 11.3 Å². The molecule has 130 valence electrons. The van der Waals surface area contributed by atoms with E-state index in [0.29, 0.717) is 12.2 Å². The quantitative estimate of drug-likeness (QED) is 0.504. The molecule has 0 aliphatic heterocycles. The Morgan fingerprint density at radius 3 is 3.00 bits per heavy atom. The number of fused-ring (bicyclic) bond motifs is 1. The lowest BCUT2D eigenvalue weighted by molar-refractivity contribution is 0.0479. The molecular weight excluding hydrogens is 334 g/mol. The highest BCUT2D eigenvalue weighted by atomic mass is 16.5. The van der Waals surface area contributed by atoms with Crippen molar-refractivity contribution in [3.63, 3.8) is 0 Å². The van der Waals surface area contributed by atoms with E-state index in [1.807, 2.05) is 30.3 Å². The van der Waals surface area contributed by atoms with Gasteiger partial charge in [0.2, 0.25) is 0 Å². The van der Waals surface area contributed by atoms with E-state index in [1.165, 1.54) is 6.33 Å². The third kappa shape index (κ3) is 2.90. The van der Waals surface area contributed by atoms with Crippen molar-refractivity contribution in [2.45, 2.75) is 13.5 Å². The van der Waals surface area contributed by atoms with Gasteiger partial charge >= 0.3 is 5.97 Å². The molecule has 0 radical (unpaired) electrons. The standard InChI is InChI=1S/C17H15N7O2/c1-12-16(17(25)26-9-8-23-11-18-10-20-23)21-22-24(12)15-6-2-5-14-13(15)4-3-7-19-14/h2-7,10-11H,8-9H2,1H3. The number of nitrogens with zero attached hydrogens (tertiary/aromatic N) is 7. The Labute approximate surface area is 148 Å². The smallest absolute Gasteiger partial charge is 0.360 e. The second-order valence-electron chi connectivity index (χ2n) is 5.58. The molecule has 9 heteroatoms. The van der Waals surface area contributed by atoms with Crippen molar-refractivity contribution in [2.24, 2.45) is 0 Å². The van der Waals surface area contributed by atoms with Crippen LogP contribution in [0.5, 0.6) is 0 Å².